The first-order chi connectivity index (χ1) is 15.0. The summed E-state index contributed by atoms with van der Waals surface area (Å²) in [6, 6.07) is 18.9. The average molecular weight is 496 g/mol. The molecule has 4 rings (SSSR count). The van der Waals surface area contributed by atoms with E-state index in [1.54, 1.807) is 6.07 Å². The van der Waals surface area contributed by atoms with Gasteiger partial charge in [-0.15, -0.1) is 10.2 Å². The van der Waals surface area contributed by atoms with Gasteiger partial charge in [0.15, 0.2) is 11.0 Å². The molecule has 4 aromatic rings. The van der Waals surface area contributed by atoms with Crippen LogP contribution in [0.1, 0.15) is 5.56 Å². The molecule has 0 fully saturated rings. The van der Waals surface area contributed by atoms with Crippen LogP contribution in [-0.2, 0) is 11.8 Å². The maximum Gasteiger partial charge on any atom is 0.250 e. The van der Waals surface area contributed by atoms with Gasteiger partial charge in [-0.1, -0.05) is 70.2 Å². The number of hydrazone groups is 1. The first-order valence-corrected chi connectivity index (χ1v) is 11.1. The van der Waals surface area contributed by atoms with Crippen molar-refractivity contribution in [1.29, 1.82) is 0 Å². The molecular formula is C22H18BrN5O2S. The minimum atomic E-state index is -0.284. The average Bonchev–Trinajstić information content (AvgIpc) is 3.14. The lowest BCUT2D eigenvalue weighted by atomic mass is 10.0. The highest BCUT2D eigenvalue weighted by atomic mass is 79.9. The van der Waals surface area contributed by atoms with Crippen LogP contribution in [0.5, 0.6) is 5.75 Å². The van der Waals surface area contributed by atoms with E-state index in [4.69, 9.17) is 0 Å². The van der Waals surface area contributed by atoms with Gasteiger partial charge in [-0.05, 0) is 29.0 Å². The van der Waals surface area contributed by atoms with Gasteiger partial charge < -0.3 is 9.67 Å². The zero-order chi connectivity index (χ0) is 21.8. The van der Waals surface area contributed by atoms with Crippen LogP contribution in [0.4, 0.5) is 0 Å². The van der Waals surface area contributed by atoms with Crippen molar-refractivity contribution >= 4 is 50.6 Å². The van der Waals surface area contributed by atoms with E-state index in [9.17, 15) is 9.90 Å². The molecule has 0 aliphatic rings. The summed E-state index contributed by atoms with van der Waals surface area (Å²) >= 11 is 4.72. The SMILES string of the molecule is Cn1c(SCC(=O)N/N=C\c2c(O)ccc3ccccc23)nnc1-c1cccc(Br)c1. The normalized spacial score (nSPS) is 11.3. The third-order valence-electron chi connectivity index (χ3n) is 4.58. The molecule has 0 radical (unpaired) electrons. The Morgan fingerprint density at radius 3 is 2.87 bits per heavy atom. The van der Waals surface area contributed by atoms with Crippen molar-refractivity contribution in [3.63, 3.8) is 0 Å². The first-order valence-electron chi connectivity index (χ1n) is 9.33. The second-order valence-electron chi connectivity index (χ2n) is 6.68. The molecule has 0 bridgehead atoms. The predicted molar refractivity (Wildman–Crippen MR) is 126 cm³/mol. The number of phenols is 1. The fourth-order valence-corrected chi connectivity index (χ4v) is 4.17. The number of carbonyl (C=O) groups excluding carboxylic acids is 1. The number of benzene rings is 3. The van der Waals surface area contributed by atoms with Gasteiger partial charge in [0.25, 0.3) is 5.91 Å². The fraction of sp³-hybridized carbons (Fsp3) is 0.0909. The number of aromatic hydroxyl groups is 1. The molecule has 0 unspecified atom stereocenters. The molecule has 0 atom stereocenters. The molecule has 3 aromatic carbocycles. The van der Waals surface area contributed by atoms with Gasteiger partial charge in [-0.2, -0.15) is 5.10 Å². The molecule has 0 aliphatic heterocycles. The quantitative estimate of drug-likeness (QED) is 0.235. The van der Waals surface area contributed by atoms with Crippen LogP contribution in [0.3, 0.4) is 0 Å². The van der Waals surface area contributed by atoms with E-state index in [2.05, 4.69) is 36.7 Å². The Morgan fingerprint density at radius 2 is 2.03 bits per heavy atom. The molecular weight excluding hydrogens is 478 g/mol. The number of rotatable bonds is 6. The molecule has 0 spiro atoms. The third kappa shape index (κ3) is 4.78. The van der Waals surface area contributed by atoms with Crippen molar-refractivity contribution in [3.8, 4) is 17.1 Å². The maximum absolute atomic E-state index is 12.2. The number of nitrogens with one attached hydrogen (secondary N) is 1. The summed E-state index contributed by atoms with van der Waals surface area (Å²) in [4.78, 5) is 12.2. The first kappa shape index (κ1) is 21.1. The van der Waals surface area contributed by atoms with Gasteiger partial charge in [0.1, 0.15) is 5.75 Å². The lowest BCUT2D eigenvalue weighted by molar-refractivity contribution is -0.118. The number of hydrogen-bond acceptors (Lipinski definition) is 6. The highest BCUT2D eigenvalue weighted by Crippen LogP contribution is 2.26. The van der Waals surface area contributed by atoms with Gasteiger partial charge in [-0.3, -0.25) is 4.79 Å². The summed E-state index contributed by atoms with van der Waals surface area (Å²) in [7, 11) is 1.86. The Morgan fingerprint density at radius 1 is 1.19 bits per heavy atom. The van der Waals surface area contributed by atoms with Crippen LogP contribution in [-0.4, -0.2) is 37.7 Å². The van der Waals surface area contributed by atoms with E-state index in [1.807, 2.05) is 66.2 Å². The summed E-state index contributed by atoms with van der Waals surface area (Å²) in [5.41, 5.74) is 3.98. The smallest absolute Gasteiger partial charge is 0.250 e. The lowest BCUT2D eigenvalue weighted by Crippen LogP contribution is -2.20. The Labute approximate surface area is 191 Å². The number of halogens is 1. The summed E-state index contributed by atoms with van der Waals surface area (Å²) in [5, 5.41) is 25.0. The van der Waals surface area contributed by atoms with Crippen LogP contribution in [0, 0.1) is 0 Å². The number of thioether (sulfide) groups is 1. The number of phenolic OH excluding ortho intramolecular Hbond substituents is 1. The van der Waals surface area contributed by atoms with Crippen molar-refractivity contribution in [2.45, 2.75) is 5.16 Å². The number of nitrogens with zero attached hydrogens (tertiary/aromatic N) is 4. The van der Waals surface area contributed by atoms with Crippen molar-refractivity contribution in [2.75, 3.05) is 5.75 Å². The number of fused-ring (bicyclic) bond motifs is 1. The topological polar surface area (TPSA) is 92.4 Å². The highest BCUT2D eigenvalue weighted by molar-refractivity contribution is 9.10. The van der Waals surface area contributed by atoms with Gasteiger partial charge in [-0.25, -0.2) is 5.43 Å². The molecule has 156 valence electrons. The molecule has 9 heteroatoms. The monoisotopic (exact) mass is 495 g/mol. The molecule has 0 saturated carbocycles. The Kier molecular flexibility index (Phi) is 6.34. The van der Waals surface area contributed by atoms with Crippen LogP contribution in [0.15, 0.2) is 75.4 Å². The van der Waals surface area contributed by atoms with E-state index < -0.39 is 0 Å². The van der Waals surface area contributed by atoms with Crippen molar-refractivity contribution < 1.29 is 9.90 Å². The molecule has 31 heavy (non-hydrogen) atoms. The molecule has 1 amide bonds. The van der Waals surface area contributed by atoms with Crippen LogP contribution in [0.25, 0.3) is 22.2 Å². The molecule has 0 aliphatic carbocycles. The summed E-state index contributed by atoms with van der Waals surface area (Å²) in [6.07, 6.45) is 1.45. The second-order valence-corrected chi connectivity index (χ2v) is 8.54. The summed E-state index contributed by atoms with van der Waals surface area (Å²) in [5.74, 6) is 0.662. The van der Waals surface area contributed by atoms with Gasteiger partial charge >= 0.3 is 0 Å². The van der Waals surface area contributed by atoms with Crippen molar-refractivity contribution in [3.05, 3.63) is 70.7 Å². The Balaban J connectivity index is 1.39. The molecule has 1 heterocycles. The van der Waals surface area contributed by atoms with E-state index in [1.165, 1.54) is 18.0 Å². The van der Waals surface area contributed by atoms with E-state index in [-0.39, 0.29) is 17.4 Å². The number of carbonyl (C=O) groups is 1. The van der Waals surface area contributed by atoms with E-state index in [0.717, 1.165) is 20.8 Å². The lowest BCUT2D eigenvalue weighted by Gasteiger charge is -2.05. The van der Waals surface area contributed by atoms with Gasteiger partial charge in [0.2, 0.25) is 0 Å². The van der Waals surface area contributed by atoms with Crippen LogP contribution >= 0.6 is 27.7 Å². The standard InChI is InChI=1S/C22H18BrN5O2S/c1-28-21(15-6-4-7-16(23)11-15)26-27-22(28)31-13-20(30)25-24-12-18-17-8-3-2-5-14(17)9-10-19(18)29/h2-12,29H,13H2,1H3,(H,25,30)/b24-12-. The van der Waals surface area contributed by atoms with Gasteiger partial charge in [0.05, 0.1) is 12.0 Å². The molecule has 7 nitrogen and oxygen atoms in total. The number of hydrogen-bond donors (Lipinski definition) is 2. The highest BCUT2D eigenvalue weighted by Gasteiger charge is 2.13. The zero-order valence-electron chi connectivity index (χ0n) is 16.5. The largest absolute Gasteiger partial charge is 0.507 e. The fourth-order valence-electron chi connectivity index (χ4n) is 3.07. The van der Waals surface area contributed by atoms with E-state index in [0.29, 0.717) is 16.5 Å². The minimum absolute atomic E-state index is 0.102. The van der Waals surface area contributed by atoms with Crippen molar-refractivity contribution in [2.24, 2.45) is 12.1 Å². The molecule has 0 saturated heterocycles. The van der Waals surface area contributed by atoms with Crippen molar-refractivity contribution in [1.82, 2.24) is 20.2 Å². The van der Waals surface area contributed by atoms with Gasteiger partial charge in [0, 0.05) is 22.6 Å². The zero-order valence-corrected chi connectivity index (χ0v) is 18.9. The number of aromatic nitrogens is 3. The maximum atomic E-state index is 12.2. The van der Waals surface area contributed by atoms with E-state index >= 15 is 0 Å². The molecule has 1 aromatic heterocycles. The third-order valence-corrected chi connectivity index (χ3v) is 6.09. The Hall–Kier alpha value is -3.17. The predicted octanol–water partition coefficient (Wildman–Crippen LogP) is 4.35. The van der Waals surface area contributed by atoms with Crippen LogP contribution < -0.4 is 5.43 Å². The molecule has 2 N–H and O–H groups in total. The summed E-state index contributed by atoms with van der Waals surface area (Å²) < 4.78 is 2.80. The summed E-state index contributed by atoms with van der Waals surface area (Å²) in [6.45, 7) is 0. The van der Waals surface area contributed by atoms with Crippen LogP contribution in [0.2, 0.25) is 0 Å². The number of amides is 1. The minimum Gasteiger partial charge on any atom is -0.507 e. The second kappa shape index (κ2) is 9.32. The Bertz CT molecular complexity index is 1290.